The Hall–Kier alpha value is -1.65. The highest BCUT2D eigenvalue weighted by atomic mass is 35.5. The molecule has 2 nitrogen and oxygen atoms in total. The van der Waals surface area contributed by atoms with Crippen LogP contribution in [0.15, 0.2) is 36.4 Å². The van der Waals surface area contributed by atoms with Crippen LogP contribution >= 0.6 is 23.8 Å². The molecule has 0 saturated heterocycles. The highest BCUT2D eigenvalue weighted by molar-refractivity contribution is 7.71. The number of aromatic amines is 1. The van der Waals surface area contributed by atoms with Crippen LogP contribution < -0.4 is 0 Å². The molecule has 102 valence electrons. The Bertz CT molecular complexity index is 833. The van der Waals surface area contributed by atoms with Crippen molar-refractivity contribution in [1.29, 1.82) is 0 Å². The van der Waals surface area contributed by atoms with Gasteiger partial charge in [0.2, 0.25) is 0 Å². The summed E-state index contributed by atoms with van der Waals surface area (Å²) in [6.45, 7) is 2.11. The van der Waals surface area contributed by atoms with E-state index in [1.54, 1.807) is 6.07 Å². The predicted molar refractivity (Wildman–Crippen MR) is 82.8 cm³/mol. The summed E-state index contributed by atoms with van der Waals surface area (Å²) in [4.78, 5) is 3.00. The van der Waals surface area contributed by atoms with Crippen LogP contribution in [0.25, 0.3) is 16.7 Å². The summed E-state index contributed by atoms with van der Waals surface area (Å²) in [6, 6.07) is 11.1. The lowest BCUT2D eigenvalue weighted by Gasteiger charge is -2.06. The lowest BCUT2D eigenvalue weighted by atomic mass is 10.1. The maximum atomic E-state index is 13.5. The molecule has 0 bridgehead atoms. The van der Waals surface area contributed by atoms with E-state index < -0.39 is 5.82 Å². The molecule has 0 aliphatic rings. The van der Waals surface area contributed by atoms with Gasteiger partial charge in [-0.25, -0.2) is 4.39 Å². The van der Waals surface area contributed by atoms with Gasteiger partial charge in [-0.2, -0.15) is 0 Å². The van der Waals surface area contributed by atoms with Gasteiger partial charge in [0.15, 0.2) is 4.77 Å². The fourth-order valence-corrected chi connectivity index (χ4v) is 2.71. The van der Waals surface area contributed by atoms with E-state index in [1.807, 2.05) is 16.7 Å². The van der Waals surface area contributed by atoms with Gasteiger partial charge in [-0.1, -0.05) is 30.7 Å². The standard InChI is InChI=1S/C15H12ClFN2S/c1-2-9-3-5-10(6-4-9)19-14-7-11(16)12(17)8-13(14)18-15(19)20/h3-8H,2H2,1H3,(H,18,20). The van der Waals surface area contributed by atoms with Gasteiger partial charge in [0.1, 0.15) is 5.82 Å². The summed E-state index contributed by atoms with van der Waals surface area (Å²) < 4.78 is 15.9. The Labute approximate surface area is 125 Å². The molecule has 0 radical (unpaired) electrons. The molecule has 0 atom stereocenters. The van der Waals surface area contributed by atoms with Gasteiger partial charge in [-0.15, -0.1) is 0 Å². The number of hydrogen-bond donors (Lipinski definition) is 1. The maximum Gasteiger partial charge on any atom is 0.182 e. The molecule has 2 aromatic carbocycles. The topological polar surface area (TPSA) is 20.7 Å². The van der Waals surface area contributed by atoms with Crippen molar-refractivity contribution >= 4 is 34.9 Å². The number of fused-ring (bicyclic) bond motifs is 1. The molecule has 3 rings (SSSR count). The zero-order valence-electron chi connectivity index (χ0n) is 10.8. The second-order valence-electron chi connectivity index (χ2n) is 4.57. The maximum absolute atomic E-state index is 13.5. The molecule has 0 amide bonds. The van der Waals surface area contributed by atoms with Crippen molar-refractivity contribution in [2.24, 2.45) is 0 Å². The molecule has 20 heavy (non-hydrogen) atoms. The van der Waals surface area contributed by atoms with E-state index in [-0.39, 0.29) is 5.02 Å². The average molecular weight is 307 g/mol. The van der Waals surface area contributed by atoms with Gasteiger partial charge in [-0.05, 0) is 42.4 Å². The molecular weight excluding hydrogens is 295 g/mol. The fourth-order valence-electron chi connectivity index (χ4n) is 2.24. The first-order valence-corrected chi connectivity index (χ1v) is 7.08. The smallest absolute Gasteiger partial charge is 0.182 e. The largest absolute Gasteiger partial charge is 0.330 e. The van der Waals surface area contributed by atoms with E-state index in [0.717, 1.165) is 17.6 Å². The molecule has 0 unspecified atom stereocenters. The molecule has 1 N–H and O–H groups in total. The highest BCUT2D eigenvalue weighted by Gasteiger charge is 2.10. The Morgan fingerprint density at radius 3 is 2.60 bits per heavy atom. The Balaban J connectivity index is 2.26. The van der Waals surface area contributed by atoms with Crippen LogP contribution in [0.5, 0.6) is 0 Å². The molecule has 0 aliphatic heterocycles. The summed E-state index contributed by atoms with van der Waals surface area (Å²) in [5.74, 6) is -0.455. The summed E-state index contributed by atoms with van der Waals surface area (Å²) >= 11 is 11.2. The monoisotopic (exact) mass is 306 g/mol. The minimum atomic E-state index is -0.455. The van der Waals surface area contributed by atoms with Crippen LogP contribution in [0.3, 0.4) is 0 Å². The minimum absolute atomic E-state index is 0.0884. The number of aryl methyl sites for hydroxylation is 1. The van der Waals surface area contributed by atoms with Crippen molar-refractivity contribution in [3.63, 3.8) is 0 Å². The van der Waals surface area contributed by atoms with Crippen molar-refractivity contribution in [2.75, 3.05) is 0 Å². The minimum Gasteiger partial charge on any atom is -0.330 e. The van der Waals surface area contributed by atoms with E-state index >= 15 is 0 Å². The number of aromatic nitrogens is 2. The van der Waals surface area contributed by atoms with Gasteiger partial charge < -0.3 is 4.98 Å². The Morgan fingerprint density at radius 1 is 1.25 bits per heavy atom. The Morgan fingerprint density at radius 2 is 1.95 bits per heavy atom. The van der Waals surface area contributed by atoms with Gasteiger partial charge in [0, 0.05) is 11.8 Å². The summed E-state index contributed by atoms with van der Waals surface area (Å²) in [7, 11) is 0. The quantitative estimate of drug-likeness (QED) is 0.658. The second-order valence-corrected chi connectivity index (χ2v) is 5.36. The zero-order valence-corrected chi connectivity index (χ0v) is 12.4. The van der Waals surface area contributed by atoms with Crippen molar-refractivity contribution in [2.45, 2.75) is 13.3 Å². The molecular formula is C15H12ClFN2S. The molecule has 0 fully saturated rings. The zero-order chi connectivity index (χ0) is 14.3. The van der Waals surface area contributed by atoms with Crippen molar-refractivity contribution in [1.82, 2.24) is 9.55 Å². The van der Waals surface area contributed by atoms with E-state index in [2.05, 4.69) is 24.0 Å². The van der Waals surface area contributed by atoms with Crippen molar-refractivity contribution in [3.05, 3.63) is 57.6 Å². The number of nitrogens with zero attached hydrogens (tertiary/aromatic N) is 1. The fraction of sp³-hybridized carbons (Fsp3) is 0.133. The first-order valence-electron chi connectivity index (χ1n) is 6.29. The van der Waals surface area contributed by atoms with Crippen LogP contribution in [0.2, 0.25) is 5.02 Å². The number of rotatable bonds is 2. The molecule has 0 spiro atoms. The second kappa shape index (κ2) is 5.04. The molecule has 0 saturated carbocycles. The average Bonchev–Trinajstić information content (AvgIpc) is 2.75. The number of hydrogen-bond acceptors (Lipinski definition) is 1. The third-order valence-electron chi connectivity index (χ3n) is 3.33. The summed E-state index contributed by atoms with van der Waals surface area (Å²) in [5, 5.41) is 0.0884. The van der Waals surface area contributed by atoms with E-state index in [1.165, 1.54) is 11.6 Å². The van der Waals surface area contributed by atoms with Gasteiger partial charge in [0.05, 0.1) is 16.1 Å². The number of H-pyrrole nitrogens is 1. The van der Waals surface area contributed by atoms with Gasteiger partial charge >= 0.3 is 0 Å². The molecule has 1 heterocycles. The third kappa shape index (κ3) is 2.15. The molecule has 0 aliphatic carbocycles. The lowest BCUT2D eigenvalue weighted by Crippen LogP contribution is -1.94. The predicted octanol–water partition coefficient (Wildman–Crippen LogP) is 5.04. The van der Waals surface area contributed by atoms with Crippen molar-refractivity contribution < 1.29 is 4.39 Å². The SMILES string of the molecule is CCc1ccc(-n2c(=S)[nH]c3cc(F)c(Cl)cc32)cc1. The molecule has 1 aromatic heterocycles. The van der Waals surface area contributed by atoms with E-state index in [9.17, 15) is 4.39 Å². The number of nitrogens with one attached hydrogen (secondary N) is 1. The summed E-state index contributed by atoms with van der Waals surface area (Å²) in [5.41, 5.74) is 3.59. The van der Waals surface area contributed by atoms with E-state index in [0.29, 0.717) is 10.3 Å². The normalized spacial score (nSPS) is 11.2. The van der Waals surface area contributed by atoms with Crippen LogP contribution in [0.1, 0.15) is 12.5 Å². The number of halogens is 2. The lowest BCUT2D eigenvalue weighted by molar-refractivity contribution is 0.630. The number of benzene rings is 2. The highest BCUT2D eigenvalue weighted by Crippen LogP contribution is 2.25. The number of imidazole rings is 1. The Kier molecular flexibility index (Phi) is 3.36. The summed E-state index contributed by atoms with van der Waals surface area (Å²) in [6.07, 6.45) is 0.983. The van der Waals surface area contributed by atoms with Crippen molar-refractivity contribution in [3.8, 4) is 5.69 Å². The first-order chi connectivity index (χ1) is 9.60. The van der Waals surface area contributed by atoms with Crippen LogP contribution in [-0.2, 0) is 6.42 Å². The van der Waals surface area contributed by atoms with Gasteiger partial charge in [-0.3, -0.25) is 4.57 Å². The molecule has 5 heteroatoms. The van der Waals surface area contributed by atoms with Gasteiger partial charge in [0.25, 0.3) is 0 Å². The van der Waals surface area contributed by atoms with Crippen LogP contribution in [-0.4, -0.2) is 9.55 Å². The third-order valence-corrected chi connectivity index (χ3v) is 3.90. The van der Waals surface area contributed by atoms with Crippen LogP contribution in [0, 0.1) is 10.6 Å². The first kappa shape index (κ1) is 13.3. The van der Waals surface area contributed by atoms with Crippen LogP contribution in [0.4, 0.5) is 4.39 Å². The molecule has 3 aromatic rings. The van der Waals surface area contributed by atoms with E-state index in [4.69, 9.17) is 23.8 Å².